The van der Waals surface area contributed by atoms with Gasteiger partial charge in [0.05, 0.1) is 13.2 Å². The van der Waals surface area contributed by atoms with E-state index in [1.54, 1.807) is 7.11 Å². The molecule has 1 saturated heterocycles. The Hall–Kier alpha value is -1.17. The number of aliphatic hydroxyl groups is 1. The summed E-state index contributed by atoms with van der Waals surface area (Å²) in [5.41, 5.74) is 2.97. The van der Waals surface area contributed by atoms with Crippen LogP contribution in [0, 0.1) is 19.8 Å². The number of aryl methyl sites for hydroxylation is 1. The predicted molar refractivity (Wildman–Crippen MR) is 86.4 cm³/mol. The second-order valence-corrected chi connectivity index (χ2v) is 6.25. The molecule has 0 aliphatic carbocycles. The Balaban J connectivity index is 1.98. The molecule has 0 bridgehead atoms. The Labute approximate surface area is 132 Å². The van der Waals surface area contributed by atoms with Crippen LogP contribution in [-0.4, -0.2) is 60.3 Å². The molecule has 0 radical (unpaired) electrons. The van der Waals surface area contributed by atoms with Crippen LogP contribution in [0.2, 0.25) is 0 Å². The molecule has 5 heteroatoms. The highest BCUT2D eigenvalue weighted by atomic mass is 16.5. The fraction of sp³-hybridized carbons (Fsp3) is 0.706. The first-order valence-corrected chi connectivity index (χ1v) is 8.09. The number of aromatic nitrogens is 1. The van der Waals surface area contributed by atoms with Crippen LogP contribution >= 0.6 is 0 Å². The number of aliphatic hydroxyl groups excluding tert-OH is 1. The quantitative estimate of drug-likeness (QED) is 0.778. The van der Waals surface area contributed by atoms with E-state index in [-0.39, 0.29) is 12.4 Å². The number of ether oxygens (including phenoxy) is 1. The van der Waals surface area contributed by atoms with Crippen LogP contribution in [0.1, 0.15) is 34.6 Å². The van der Waals surface area contributed by atoms with Gasteiger partial charge in [0.25, 0.3) is 0 Å². The highest BCUT2D eigenvalue weighted by Gasteiger charge is 2.22. The third-order valence-electron chi connectivity index (χ3n) is 4.73. The van der Waals surface area contributed by atoms with Gasteiger partial charge < -0.3 is 14.4 Å². The second-order valence-electron chi connectivity index (χ2n) is 6.25. The number of hydrogen-bond acceptors (Lipinski definition) is 4. The van der Waals surface area contributed by atoms with Gasteiger partial charge in [0, 0.05) is 37.2 Å². The first-order chi connectivity index (χ1) is 10.6. The lowest BCUT2D eigenvalue weighted by Gasteiger charge is -2.30. The molecule has 0 amide bonds. The molecule has 1 N–H and O–H groups in total. The maximum Gasteiger partial charge on any atom is 0.178 e. The van der Waals surface area contributed by atoms with Crippen molar-refractivity contribution >= 4 is 5.78 Å². The first-order valence-electron chi connectivity index (χ1n) is 8.09. The minimum absolute atomic E-state index is 0.194. The number of carbonyl (C=O) groups excluding carboxylic acids is 1. The van der Waals surface area contributed by atoms with E-state index in [9.17, 15) is 9.90 Å². The zero-order chi connectivity index (χ0) is 16.1. The Morgan fingerprint density at radius 2 is 2.05 bits per heavy atom. The molecule has 2 rings (SSSR count). The highest BCUT2D eigenvalue weighted by Crippen LogP contribution is 2.19. The summed E-state index contributed by atoms with van der Waals surface area (Å²) in [6.45, 7) is 8.02. The molecule has 22 heavy (non-hydrogen) atoms. The molecule has 0 aromatic carbocycles. The summed E-state index contributed by atoms with van der Waals surface area (Å²) in [6, 6.07) is 1.99. The van der Waals surface area contributed by atoms with Crippen LogP contribution in [0.3, 0.4) is 0 Å². The van der Waals surface area contributed by atoms with Crippen LogP contribution in [-0.2, 0) is 11.3 Å². The van der Waals surface area contributed by atoms with Crippen LogP contribution in [0.5, 0.6) is 0 Å². The van der Waals surface area contributed by atoms with Crippen molar-refractivity contribution in [1.82, 2.24) is 9.47 Å². The fourth-order valence-corrected chi connectivity index (χ4v) is 3.23. The zero-order valence-corrected chi connectivity index (χ0v) is 14.0. The Bertz CT molecular complexity index is 502. The molecule has 1 aromatic rings. The predicted octanol–water partition coefficient (Wildman–Crippen LogP) is 1.64. The smallest absolute Gasteiger partial charge is 0.178 e. The Kier molecular flexibility index (Phi) is 6.17. The van der Waals surface area contributed by atoms with Gasteiger partial charge in [-0.3, -0.25) is 9.69 Å². The van der Waals surface area contributed by atoms with Crippen LogP contribution in [0.4, 0.5) is 0 Å². The molecule has 124 valence electrons. The average molecular weight is 308 g/mol. The largest absolute Gasteiger partial charge is 0.396 e. The SMILES string of the molecule is COCCn1c(C)cc(C(=O)CN2CCC(CO)CC2)c1C. The number of Topliss-reactive ketones (excluding diaryl/α,β-unsaturated/α-hetero) is 1. The monoisotopic (exact) mass is 308 g/mol. The second kappa shape index (κ2) is 7.90. The van der Waals surface area contributed by atoms with Crippen molar-refractivity contribution in [3.8, 4) is 0 Å². The zero-order valence-electron chi connectivity index (χ0n) is 14.0. The van der Waals surface area contributed by atoms with Gasteiger partial charge >= 0.3 is 0 Å². The van der Waals surface area contributed by atoms with E-state index in [2.05, 4.69) is 9.47 Å². The Morgan fingerprint density at radius 3 is 2.64 bits per heavy atom. The van der Waals surface area contributed by atoms with Gasteiger partial charge in [0.1, 0.15) is 0 Å². The number of methoxy groups -OCH3 is 1. The topological polar surface area (TPSA) is 54.7 Å². The summed E-state index contributed by atoms with van der Waals surface area (Å²) in [5, 5.41) is 9.18. The number of nitrogens with zero attached hydrogens (tertiary/aromatic N) is 2. The van der Waals surface area contributed by atoms with Crippen LogP contribution < -0.4 is 0 Å². The van der Waals surface area contributed by atoms with Crippen molar-refractivity contribution in [3.63, 3.8) is 0 Å². The van der Waals surface area contributed by atoms with Gasteiger partial charge in [-0.25, -0.2) is 0 Å². The van der Waals surface area contributed by atoms with E-state index in [1.165, 1.54) is 0 Å². The van der Waals surface area contributed by atoms with Gasteiger partial charge in [-0.2, -0.15) is 0 Å². The molecule has 0 unspecified atom stereocenters. The van der Waals surface area contributed by atoms with Crippen LogP contribution in [0.15, 0.2) is 6.07 Å². The molecule has 1 fully saturated rings. The van der Waals surface area contributed by atoms with Gasteiger partial charge in [0.15, 0.2) is 5.78 Å². The van der Waals surface area contributed by atoms with Crippen LogP contribution in [0.25, 0.3) is 0 Å². The number of likely N-dealkylation sites (tertiary alicyclic amines) is 1. The summed E-state index contributed by atoms with van der Waals surface area (Å²) in [5.74, 6) is 0.602. The van der Waals surface area contributed by atoms with Gasteiger partial charge in [0.2, 0.25) is 0 Å². The van der Waals surface area contributed by atoms with Crippen molar-refractivity contribution in [2.24, 2.45) is 5.92 Å². The molecule has 1 aliphatic heterocycles. The molecule has 5 nitrogen and oxygen atoms in total. The average Bonchev–Trinajstić information content (AvgIpc) is 2.81. The number of hydrogen-bond donors (Lipinski definition) is 1. The number of ketones is 1. The third-order valence-corrected chi connectivity index (χ3v) is 4.73. The van der Waals surface area contributed by atoms with Crippen molar-refractivity contribution < 1.29 is 14.6 Å². The van der Waals surface area contributed by atoms with Gasteiger partial charge in [-0.1, -0.05) is 0 Å². The van der Waals surface area contributed by atoms with Crippen molar-refractivity contribution in [2.45, 2.75) is 33.2 Å². The maximum absolute atomic E-state index is 12.6. The molecule has 1 aliphatic rings. The maximum atomic E-state index is 12.6. The summed E-state index contributed by atoms with van der Waals surface area (Å²) in [6.07, 6.45) is 1.97. The standard InChI is InChI=1S/C17H28N2O3/c1-13-10-16(14(2)19(13)8-9-22-3)17(21)11-18-6-4-15(12-20)5-7-18/h10,15,20H,4-9,11-12H2,1-3H3. The lowest BCUT2D eigenvalue weighted by Crippen LogP contribution is -2.38. The number of rotatable bonds is 7. The normalized spacial score (nSPS) is 17.1. The molecule has 2 heterocycles. The van der Waals surface area contributed by atoms with E-state index in [0.717, 1.165) is 49.4 Å². The minimum Gasteiger partial charge on any atom is -0.396 e. The van der Waals surface area contributed by atoms with Gasteiger partial charge in [-0.15, -0.1) is 0 Å². The minimum atomic E-state index is 0.194. The molecule has 0 atom stereocenters. The van der Waals surface area contributed by atoms with Crippen molar-refractivity contribution in [1.29, 1.82) is 0 Å². The van der Waals surface area contributed by atoms with E-state index in [0.29, 0.717) is 19.1 Å². The van der Waals surface area contributed by atoms with Gasteiger partial charge in [-0.05, 0) is 51.8 Å². The number of carbonyl (C=O) groups is 1. The highest BCUT2D eigenvalue weighted by molar-refractivity contribution is 5.99. The van der Waals surface area contributed by atoms with E-state index in [4.69, 9.17) is 4.74 Å². The molecule has 0 spiro atoms. The molecule has 1 aromatic heterocycles. The summed E-state index contributed by atoms with van der Waals surface area (Å²) < 4.78 is 7.28. The lowest BCUT2D eigenvalue weighted by molar-refractivity contribution is 0.0863. The van der Waals surface area contributed by atoms with Crippen molar-refractivity contribution in [3.05, 3.63) is 23.0 Å². The first kappa shape index (κ1) is 17.2. The molecular formula is C17H28N2O3. The summed E-state index contributed by atoms with van der Waals surface area (Å²) in [4.78, 5) is 14.8. The lowest BCUT2D eigenvalue weighted by atomic mass is 9.97. The molecular weight excluding hydrogens is 280 g/mol. The van der Waals surface area contributed by atoms with E-state index >= 15 is 0 Å². The molecule has 0 saturated carbocycles. The summed E-state index contributed by atoms with van der Waals surface area (Å²) >= 11 is 0. The third kappa shape index (κ3) is 3.97. The van der Waals surface area contributed by atoms with Crippen molar-refractivity contribution in [2.75, 3.05) is 40.0 Å². The fourth-order valence-electron chi connectivity index (χ4n) is 3.23. The Morgan fingerprint density at radius 1 is 1.36 bits per heavy atom. The van der Waals surface area contributed by atoms with E-state index < -0.39 is 0 Å². The summed E-state index contributed by atoms with van der Waals surface area (Å²) in [7, 11) is 1.69. The number of piperidine rings is 1. The van der Waals surface area contributed by atoms with E-state index in [1.807, 2.05) is 19.9 Å².